The van der Waals surface area contributed by atoms with E-state index in [9.17, 15) is 0 Å². The van der Waals surface area contributed by atoms with Gasteiger partial charge in [0.2, 0.25) is 0 Å². The second-order valence-corrected chi connectivity index (χ2v) is 2.02. The van der Waals surface area contributed by atoms with Crippen molar-refractivity contribution >= 4 is 0 Å². The molecule has 0 fully saturated rings. The Morgan fingerprint density at radius 2 is 2.00 bits per heavy atom. The van der Waals surface area contributed by atoms with Crippen LogP contribution in [0.2, 0.25) is 0 Å². The average molecular weight is 153 g/mol. The molecule has 60 valence electrons. The predicted octanol–water partition coefficient (Wildman–Crippen LogP) is 1.11. The Morgan fingerprint density at radius 1 is 1.27 bits per heavy atom. The third-order valence-electron chi connectivity index (χ3n) is 1.21. The monoisotopic (exact) mass is 153 g/mol. The maximum atomic E-state index is 5.28. The molecule has 0 amide bonds. The molecule has 0 aliphatic carbocycles. The Labute approximate surface area is 66.0 Å². The lowest BCUT2D eigenvalue weighted by atomic mass is 10.4. The van der Waals surface area contributed by atoms with Crippen molar-refractivity contribution in [3.8, 4) is 5.75 Å². The van der Waals surface area contributed by atoms with Crippen LogP contribution >= 0.6 is 0 Å². The summed E-state index contributed by atoms with van der Waals surface area (Å²) in [6.45, 7) is 1.20. The number of hydrogen-bond acceptors (Lipinski definition) is 3. The minimum Gasteiger partial charge on any atom is -0.491 e. The first kappa shape index (κ1) is 8.01. The first-order chi connectivity index (χ1) is 5.43. The van der Waals surface area contributed by atoms with Gasteiger partial charge >= 0.3 is 0 Å². The molecule has 0 aliphatic rings. The zero-order chi connectivity index (χ0) is 7.94. The van der Waals surface area contributed by atoms with E-state index in [4.69, 9.17) is 9.47 Å². The summed E-state index contributed by atoms with van der Waals surface area (Å²) in [4.78, 5) is 3.86. The number of pyridine rings is 1. The van der Waals surface area contributed by atoms with Gasteiger partial charge in [-0.25, -0.2) is 0 Å². The Balaban J connectivity index is 2.28. The minimum atomic E-state index is 0.584. The Kier molecular flexibility index (Phi) is 3.41. The highest BCUT2D eigenvalue weighted by atomic mass is 16.5. The van der Waals surface area contributed by atoms with E-state index in [1.807, 2.05) is 12.1 Å². The summed E-state index contributed by atoms with van der Waals surface area (Å²) < 4.78 is 10.1. The van der Waals surface area contributed by atoms with Crippen molar-refractivity contribution in [3.63, 3.8) is 0 Å². The summed E-state index contributed by atoms with van der Waals surface area (Å²) in [5.74, 6) is 0.831. The second kappa shape index (κ2) is 4.68. The van der Waals surface area contributed by atoms with E-state index in [1.165, 1.54) is 0 Å². The molecule has 0 spiro atoms. The lowest BCUT2D eigenvalue weighted by Crippen LogP contribution is -2.03. The molecule has 1 aromatic rings. The fourth-order valence-electron chi connectivity index (χ4n) is 0.677. The number of nitrogens with zero attached hydrogens (tertiary/aromatic N) is 1. The van der Waals surface area contributed by atoms with Gasteiger partial charge in [-0.2, -0.15) is 0 Å². The van der Waals surface area contributed by atoms with Gasteiger partial charge in [0.15, 0.2) is 0 Å². The lowest BCUT2D eigenvalue weighted by molar-refractivity contribution is 0.146. The first-order valence-corrected chi connectivity index (χ1v) is 3.45. The van der Waals surface area contributed by atoms with Gasteiger partial charge in [-0.3, -0.25) is 4.98 Å². The number of methoxy groups -OCH3 is 1. The SMILES string of the molecule is COCCOc1ccncc1. The molecule has 0 saturated heterocycles. The largest absolute Gasteiger partial charge is 0.491 e. The van der Waals surface area contributed by atoms with Crippen molar-refractivity contribution in [2.75, 3.05) is 20.3 Å². The predicted molar refractivity (Wildman–Crippen MR) is 41.6 cm³/mol. The van der Waals surface area contributed by atoms with Crippen LogP contribution in [0.5, 0.6) is 5.75 Å². The Bertz CT molecular complexity index is 189. The van der Waals surface area contributed by atoms with E-state index in [1.54, 1.807) is 19.5 Å². The quantitative estimate of drug-likeness (QED) is 0.607. The second-order valence-electron chi connectivity index (χ2n) is 2.02. The molecule has 0 atom stereocenters. The molecule has 1 aromatic heterocycles. The number of ether oxygens (including phenoxy) is 2. The van der Waals surface area contributed by atoms with Crippen LogP contribution in [0.25, 0.3) is 0 Å². The van der Waals surface area contributed by atoms with E-state index in [-0.39, 0.29) is 0 Å². The van der Waals surface area contributed by atoms with E-state index in [0.29, 0.717) is 13.2 Å². The molecular weight excluding hydrogens is 142 g/mol. The summed E-state index contributed by atoms with van der Waals surface area (Å²) >= 11 is 0. The van der Waals surface area contributed by atoms with Crippen LogP contribution < -0.4 is 4.74 Å². The van der Waals surface area contributed by atoms with Crippen LogP contribution in [0, 0.1) is 0 Å². The van der Waals surface area contributed by atoms with Gasteiger partial charge in [0.05, 0.1) is 6.61 Å². The van der Waals surface area contributed by atoms with Crippen LogP contribution in [-0.4, -0.2) is 25.3 Å². The van der Waals surface area contributed by atoms with Crippen molar-refractivity contribution in [2.45, 2.75) is 0 Å². The molecule has 3 heteroatoms. The zero-order valence-electron chi connectivity index (χ0n) is 6.49. The molecule has 1 rings (SSSR count). The fourth-order valence-corrected chi connectivity index (χ4v) is 0.677. The molecule has 0 aliphatic heterocycles. The van der Waals surface area contributed by atoms with Crippen molar-refractivity contribution in [2.24, 2.45) is 0 Å². The van der Waals surface area contributed by atoms with E-state index < -0.39 is 0 Å². The van der Waals surface area contributed by atoms with Crippen molar-refractivity contribution in [3.05, 3.63) is 24.5 Å². The van der Waals surface area contributed by atoms with Crippen LogP contribution in [0.1, 0.15) is 0 Å². The summed E-state index contributed by atoms with van der Waals surface area (Å²) in [6.07, 6.45) is 3.39. The topological polar surface area (TPSA) is 31.4 Å². The summed E-state index contributed by atoms with van der Waals surface area (Å²) in [7, 11) is 1.65. The molecule has 0 radical (unpaired) electrons. The molecule has 0 aromatic carbocycles. The maximum Gasteiger partial charge on any atom is 0.122 e. The molecule has 0 bridgehead atoms. The fraction of sp³-hybridized carbons (Fsp3) is 0.375. The van der Waals surface area contributed by atoms with Crippen LogP contribution in [0.15, 0.2) is 24.5 Å². The standard InChI is InChI=1S/C8H11NO2/c1-10-6-7-11-8-2-4-9-5-3-8/h2-5H,6-7H2,1H3. The summed E-state index contributed by atoms with van der Waals surface area (Å²) in [5, 5.41) is 0. The van der Waals surface area contributed by atoms with E-state index in [0.717, 1.165) is 5.75 Å². The summed E-state index contributed by atoms with van der Waals surface area (Å²) in [5.41, 5.74) is 0. The van der Waals surface area contributed by atoms with Gasteiger partial charge in [-0.05, 0) is 12.1 Å². The third kappa shape index (κ3) is 3.00. The van der Waals surface area contributed by atoms with Crippen LogP contribution in [-0.2, 0) is 4.74 Å². The summed E-state index contributed by atoms with van der Waals surface area (Å²) in [6, 6.07) is 3.63. The Morgan fingerprint density at radius 3 is 2.64 bits per heavy atom. The van der Waals surface area contributed by atoms with Gasteiger partial charge in [0.25, 0.3) is 0 Å². The van der Waals surface area contributed by atoms with Crippen molar-refractivity contribution < 1.29 is 9.47 Å². The smallest absolute Gasteiger partial charge is 0.122 e. The Hall–Kier alpha value is -1.09. The number of hydrogen-bond donors (Lipinski definition) is 0. The first-order valence-electron chi connectivity index (χ1n) is 3.45. The van der Waals surface area contributed by atoms with Crippen LogP contribution in [0.3, 0.4) is 0 Å². The maximum absolute atomic E-state index is 5.28. The van der Waals surface area contributed by atoms with Crippen molar-refractivity contribution in [1.29, 1.82) is 0 Å². The van der Waals surface area contributed by atoms with E-state index >= 15 is 0 Å². The zero-order valence-corrected chi connectivity index (χ0v) is 6.49. The van der Waals surface area contributed by atoms with Gasteiger partial charge in [0, 0.05) is 19.5 Å². The number of rotatable bonds is 4. The van der Waals surface area contributed by atoms with Gasteiger partial charge in [-0.15, -0.1) is 0 Å². The lowest BCUT2D eigenvalue weighted by Gasteiger charge is -2.03. The molecule has 11 heavy (non-hydrogen) atoms. The molecule has 0 unspecified atom stereocenters. The van der Waals surface area contributed by atoms with Crippen LogP contribution in [0.4, 0.5) is 0 Å². The highest BCUT2D eigenvalue weighted by Gasteiger charge is 1.89. The average Bonchev–Trinajstić information content (AvgIpc) is 2.07. The van der Waals surface area contributed by atoms with E-state index in [2.05, 4.69) is 4.98 Å². The molecule has 0 saturated carbocycles. The molecular formula is C8H11NO2. The van der Waals surface area contributed by atoms with Gasteiger partial charge in [0.1, 0.15) is 12.4 Å². The molecule has 0 N–H and O–H groups in total. The third-order valence-corrected chi connectivity index (χ3v) is 1.21. The molecule has 3 nitrogen and oxygen atoms in total. The van der Waals surface area contributed by atoms with Gasteiger partial charge in [-0.1, -0.05) is 0 Å². The molecule has 1 heterocycles. The van der Waals surface area contributed by atoms with Crippen molar-refractivity contribution in [1.82, 2.24) is 4.98 Å². The number of aromatic nitrogens is 1. The van der Waals surface area contributed by atoms with Gasteiger partial charge < -0.3 is 9.47 Å². The highest BCUT2D eigenvalue weighted by Crippen LogP contribution is 2.05. The highest BCUT2D eigenvalue weighted by molar-refractivity contribution is 5.16. The normalized spacial score (nSPS) is 9.55. The minimum absolute atomic E-state index is 0.584.